The van der Waals surface area contributed by atoms with Gasteiger partial charge in [-0.05, 0) is 22.8 Å². The number of hydrogen-bond donors (Lipinski definition) is 3. The van der Waals surface area contributed by atoms with E-state index in [-0.39, 0.29) is 37.3 Å². The van der Waals surface area contributed by atoms with Crippen molar-refractivity contribution in [1.82, 2.24) is 10.6 Å². The minimum absolute atomic E-state index is 0. The molecule has 22 heavy (non-hydrogen) atoms. The summed E-state index contributed by atoms with van der Waals surface area (Å²) in [6.45, 7) is 0.389. The Morgan fingerprint density at radius 3 is 2.45 bits per heavy atom. The first-order valence-corrected chi connectivity index (χ1v) is 6.91. The summed E-state index contributed by atoms with van der Waals surface area (Å²) >= 11 is 0. The van der Waals surface area contributed by atoms with Crippen LogP contribution in [0.15, 0.2) is 42.5 Å². The van der Waals surface area contributed by atoms with E-state index >= 15 is 0 Å². The summed E-state index contributed by atoms with van der Waals surface area (Å²) in [5, 5.41) is 7.61. The van der Waals surface area contributed by atoms with E-state index in [2.05, 4.69) is 34.9 Å². The number of benzene rings is 2. The van der Waals surface area contributed by atoms with Crippen molar-refractivity contribution in [3.63, 3.8) is 0 Å². The van der Waals surface area contributed by atoms with Gasteiger partial charge in [0.2, 0.25) is 11.8 Å². The number of carbonyl (C=O) groups is 2. The van der Waals surface area contributed by atoms with Crippen molar-refractivity contribution in [3.8, 4) is 0 Å². The Hall–Kier alpha value is -2.11. The van der Waals surface area contributed by atoms with Gasteiger partial charge in [0.05, 0.1) is 13.1 Å². The van der Waals surface area contributed by atoms with E-state index in [0.717, 1.165) is 6.42 Å². The molecule has 0 bridgehead atoms. The second-order valence-electron chi connectivity index (χ2n) is 4.72. The Morgan fingerprint density at radius 1 is 0.955 bits per heavy atom. The molecule has 0 fully saturated rings. The second-order valence-corrected chi connectivity index (χ2v) is 4.72. The van der Waals surface area contributed by atoms with Crippen molar-refractivity contribution in [2.75, 3.05) is 19.6 Å². The summed E-state index contributed by atoms with van der Waals surface area (Å²) in [5.74, 6) is -0.545. The molecule has 0 aromatic heterocycles. The summed E-state index contributed by atoms with van der Waals surface area (Å²) in [7, 11) is 0. The number of hydrogen-bond acceptors (Lipinski definition) is 3. The van der Waals surface area contributed by atoms with Crippen LogP contribution in [0.2, 0.25) is 0 Å². The standard InChI is InChI=1S/C16H19N3O2.ClH/c17-10-15(20)19-11-16(21)18-9-8-13-6-3-5-12-4-1-2-7-14(12)13;/h1-7H,8-11,17H2,(H,18,21)(H,19,20);1H. The van der Waals surface area contributed by atoms with E-state index in [4.69, 9.17) is 5.73 Å². The van der Waals surface area contributed by atoms with Gasteiger partial charge in [0.25, 0.3) is 0 Å². The third kappa shape index (κ3) is 5.02. The minimum Gasteiger partial charge on any atom is -0.354 e. The monoisotopic (exact) mass is 321 g/mol. The summed E-state index contributed by atoms with van der Waals surface area (Å²) < 4.78 is 0. The predicted octanol–water partition coefficient (Wildman–Crippen LogP) is 0.995. The molecule has 0 heterocycles. The fourth-order valence-electron chi connectivity index (χ4n) is 2.16. The molecule has 6 heteroatoms. The number of nitrogens with two attached hydrogens (primary N) is 1. The average Bonchev–Trinajstić information content (AvgIpc) is 2.52. The van der Waals surface area contributed by atoms with Crippen molar-refractivity contribution in [1.29, 1.82) is 0 Å². The zero-order valence-electron chi connectivity index (χ0n) is 12.2. The molecular formula is C16H20ClN3O2. The Kier molecular flexibility index (Phi) is 7.36. The molecule has 0 saturated carbocycles. The van der Waals surface area contributed by atoms with E-state index in [0.29, 0.717) is 6.54 Å². The largest absolute Gasteiger partial charge is 0.354 e. The normalized spacial score (nSPS) is 9.86. The lowest BCUT2D eigenvalue weighted by Crippen LogP contribution is -2.40. The Bertz CT molecular complexity index is 641. The van der Waals surface area contributed by atoms with Gasteiger partial charge in [-0.1, -0.05) is 42.5 Å². The summed E-state index contributed by atoms with van der Waals surface area (Å²) in [6, 6.07) is 14.3. The first kappa shape index (κ1) is 17.9. The molecule has 2 aromatic carbocycles. The van der Waals surface area contributed by atoms with Crippen LogP contribution in [0.25, 0.3) is 10.8 Å². The van der Waals surface area contributed by atoms with Gasteiger partial charge < -0.3 is 16.4 Å². The predicted molar refractivity (Wildman–Crippen MR) is 90.0 cm³/mol. The highest BCUT2D eigenvalue weighted by atomic mass is 35.5. The zero-order valence-corrected chi connectivity index (χ0v) is 13.0. The van der Waals surface area contributed by atoms with Crippen LogP contribution in [0.3, 0.4) is 0 Å². The lowest BCUT2D eigenvalue weighted by atomic mass is 10.0. The topological polar surface area (TPSA) is 84.2 Å². The van der Waals surface area contributed by atoms with Gasteiger partial charge in [0.1, 0.15) is 0 Å². The number of rotatable bonds is 6. The number of fused-ring (bicyclic) bond motifs is 1. The molecule has 0 spiro atoms. The van der Waals surface area contributed by atoms with Crippen LogP contribution in [0.1, 0.15) is 5.56 Å². The molecule has 4 N–H and O–H groups in total. The fraction of sp³-hybridized carbons (Fsp3) is 0.250. The van der Waals surface area contributed by atoms with Crippen LogP contribution < -0.4 is 16.4 Å². The SMILES string of the molecule is Cl.NCC(=O)NCC(=O)NCCc1cccc2ccccc12. The number of halogens is 1. The molecule has 0 aliphatic rings. The molecule has 0 aliphatic carbocycles. The molecule has 2 aromatic rings. The van der Waals surface area contributed by atoms with E-state index in [1.54, 1.807) is 0 Å². The zero-order chi connectivity index (χ0) is 15.1. The van der Waals surface area contributed by atoms with Gasteiger partial charge in [-0.2, -0.15) is 0 Å². The Labute approximate surface area is 135 Å². The van der Waals surface area contributed by atoms with Crippen LogP contribution >= 0.6 is 12.4 Å². The smallest absolute Gasteiger partial charge is 0.239 e. The molecule has 5 nitrogen and oxygen atoms in total. The van der Waals surface area contributed by atoms with Crippen LogP contribution in [0.4, 0.5) is 0 Å². The van der Waals surface area contributed by atoms with Gasteiger partial charge in [-0.15, -0.1) is 12.4 Å². The molecule has 0 saturated heterocycles. The fourth-order valence-corrected chi connectivity index (χ4v) is 2.16. The van der Waals surface area contributed by atoms with Gasteiger partial charge in [-0.25, -0.2) is 0 Å². The summed E-state index contributed by atoms with van der Waals surface area (Å²) in [4.78, 5) is 22.5. The molecule has 0 aliphatic heterocycles. The molecule has 0 radical (unpaired) electrons. The van der Waals surface area contributed by atoms with Crippen molar-refractivity contribution in [2.24, 2.45) is 5.73 Å². The first-order valence-electron chi connectivity index (χ1n) is 6.91. The quantitative estimate of drug-likeness (QED) is 0.742. The number of carbonyl (C=O) groups excluding carboxylic acids is 2. The highest BCUT2D eigenvalue weighted by Gasteiger charge is 2.04. The molecule has 0 atom stereocenters. The van der Waals surface area contributed by atoms with Crippen LogP contribution in [-0.2, 0) is 16.0 Å². The minimum atomic E-state index is -0.334. The van der Waals surface area contributed by atoms with Crippen molar-refractivity contribution in [2.45, 2.75) is 6.42 Å². The van der Waals surface area contributed by atoms with E-state index in [9.17, 15) is 9.59 Å². The van der Waals surface area contributed by atoms with Gasteiger partial charge in [0, 0.05) is 6.54 Å². The van der Waals surface area contributed by atoms with Crippen molar-refractivity contribution >= 4 is 35.0 Å². The maximum Gasteiger partial charge on any atom is 0.239 e. The second kappa shape index (κ2) is 9.02. The maximum absolute atomic E-state index is 11.6. The molecule has 118 valence electrons. The average molecular weight is 322 g/mol. The lowest BCUT2D eigenvalue weighted by molar-refractivity contribution is -0.125. The summed E-state index contributed by atoms with van der Waals surface area (Å²) in [6.07, 6.45) is 0.748. The van der Waals surface area contributed by atoms with Gasteiger partial charge in [-0.3, -0.25) is 9.59 Å². The van der Waals surface area contributed by atoms with E-state index in [1.165, 1.54) is 16.3 Å². The third-order valence-electron chi connectivity index (χ3n) is 3.23. The van der Waals surface area contributed by atoms with E-state index < -0.39 is 0 Å². The highest BCUT2D eigenvalue weighted by Crippen LogP contribution is 2.18. The summed E-state index contributed by atoms with van der Waals surface area (Å²) in [5.41, 5.74) is 6.34. The van der Waals surface area contributed by atoms with E-state index in [1.807, 2.05) is 18.2 Å². The maximum atomic E-state index is 11.6. The molecule has 0 unspecified atom stereocenters. The van der Waals surface area contributed by atoms with Crippen LogP contribution in [0, 0.1) is 0 Å². The highest BCUT2D eigenvalue weighted by molar-refractivity contribution is 5.86. The Balaban J connectivity index is 0.00000242. The van der Waals surface area contributed by atoms with Gasteiger partial charge in [0.15, 0.2) is 0 Å². The van der Waals surface area contributed by atoms with Crippen molar-refractivity contribution < 1.29 is 9.59 Å². The third-order valence-corrected chi connectivity index (χ3v) is 3.23. The molecule has 2 amide bonds. The van der Waals surface area contributed by atoms with Gasteiger partial charge >= 0.3 is 0 Å². The number of nitrogens with one attached hydrogen (secondary N) is 2. The molecular weight excluding hydrogens is 302 g/mol. The van der Waals surface area contributed by atoms with Crippen molar-refractivity contribution in [3.05, 3.63) is 48.0 Å². The van der Waals surface area contributed by atoms with Crippen LogP contribution in [-0.4, -0.2) is 31.4 Å². The first-order chi connectivity index (χ1) is 10.2. The molecule has 2 rings (SSSR count). The lowest BCUT2D eigenvalue weighted by Gasteiger charge is -2.08. The number of amides is 2. The van der Waals surface area contributed by atoms with Crippen LogP contribution in [0.5, 0.6) is 0 Å². The Morgan fingerprint density at radius 2 is 1.68 bits per heavy atom.